The third kappa shape index (κ3) is 2.95. The van der Waals surface area contributed by atoms with E-state index >= 15 is 0 Å². The molecule has 0 radical (unpaired) electrons. The fraction of sp³-hybridized carbons (Fsp3) is 0.615. The molecule has 100 valence electrons. The third-order valence-electron chi connectivity index (χ3n) is 3.16. The van der Waals surface area contributed by atoms with Gasteiger partial charge in [-0.3, -0.25) is 0 Å². The second-order valence-corrected chi connectivity index (χ2v) is 5.66. The topological polar surface area (TPSA) is 28.2 Å². The molecule has 1 N–H and O–H groups in total. The van der Waals surface area contributed by atoms with Gasteiger partial charge in [-0.25, -0.2) is 9.37 Å². The maximum Gasteiger partial charge on any atom is 0.170 e. The Balaban J connectivity index is 2.21. The summed E-state index contributed by atoms with van der Waals surface area (Å²) < 4.78 is 14.4. The molecule has 1 unspecified atom stereocenters. The molecular weight excluding hydrogens is 249 g/mol. The molecule has 2 heterocycles. The summed E-state index contributed by atoms with van der Waals surface area (Å²) in [5, 5.41) is 3.16. The molecule has 18 heavy (non-hydrogen) atoms. The molecule has 1 aromatic rings. The zero-order valence-electron chi connectivity index (χ0n) is 10.9. The molecule has 1 saturated heterocycles. The highest BCUT2D eigenvalue weighted by Crippen LogP contribution is 2.25. The predicted molar refractivity (Wildman–Crippen MR) is 75.7 cm³/mol. The molecule has 0 aliphatic carbocycles. The van der Waals surface area contributed by atoms with Gasteiger partial charge in [0.05, 0.1) is 0 Å². The van der Waals surface area contributed by atoms with E-state index in [1.54, 1.807) is 12.3 Å². The number of thioether (sulfide) groups is 1. The summed E-state index contributed by atoms with van der Waals surface area (Å²) in [5.41, 5.74) is 0.701. The monoisotopic (exact) mass is 269 g/mol. The number of hydrogen-bond acceptors (Lipinski definition) is 4. The van der Waals surface area contributed by atoms with Crippen LogP contribution in [0.1, 0.15) is 19.4 Å². The molecule has 1 aliphatic heterocycles. The number of halogens is 1. The van der Waals surface area contributed by atoms with Crippen LogP contribution < -0.4 is 10.2 Å². The van der Waals surface area contributed by atoms with Gasteiger partial charge < -0.3 is 10.2 Å². The fourth-order valence-corrected chi connectivity index (χ4v) is 3.12. The molecule has 2 rings (SSSR count). The molecule has 1 aromatic heterocycles. The first kappa shape index (κ1) is 13.6. The predicted octanol–water partition coefficient (Wildman–Crippen LogP) is 2.27. The summed E-state index contributed by atoms with van der Waals surface area (Å²) in [6.45, 7) is 6.43. The molecule has 0 saturated carbocycles. The summed E-state index contributed by atoms with van der Waals surface area (Å²) in [7, 11) is 0. The van der Waals surface area contributed by atoms with E-state index in [-0.39, 0.29) is 5.82 Å². The lowest BCUT2D eigenvalue weighted by Gasteiger charge is -2.34. The molecule has 0 bridgehead atoms. The number of aromatic nitrogens is 1. The Bertz CT molecular complexity index is 400. The average molecular weight is 269 g/mol. The van der Waals surface area contributed by atoms with Gasteiger partial charge >= 0.3 is 0 Å². The average Bonchev–Trinajstić information content (AvgIpc) is 2.39. The zero-order chi connectivity index (χ0) is 13.0. The summed E-state index contributed by atoms with van der Waals surface area (Å²) >= 11 is 1.92. The lowest BCUT2D eigenvalue weighted by atomic mass is 10.2. The van der Waals surface area contributed by atoms with Crippen LogP contribution in [-0.2, 0) is 6.54 Å². The fourth-order valence-electron chi connectivity index (χ4n) is 2.11. The van der Waals surface area contributed by atoms with E-state index in [2.05, 4.69) is 22.1 Å². The summed E-state index contributed by atoms with van der Waals surface area (Å²) in [6, 6.07) is 2.10. The van der Waals surface area contributed by atoms with Crippen LogP contribution in [0.25, 0.3) is 0 Å². The standard InChI is InChI=1S/C13H20FN3S/c1-3-15-8-11-4-5-16-13(12(11)14)17-6-7-18-9-10(17)2/h4-5,10,15H,3,6-9H2,1-2H3. The Hall–Kier alpha value is -0.810. The molecule has 1 aliphatic rings. The van der Waals surface area contributed by atoms with Gasteiger partial charge in [0.1, 0.15) is 0 Å². The van der Waals surface area contributed by atoms with Crippen LogP contribution in [0.5, 0.6) is 0 Å². The lowest BCUT2D eigenvalue weighted by molar-refractivity contribution is 0.569. The third-order valence-corrected chi connectivity index (χ3v) is 4.35. The van der Waals surface area contributed by atoms with E-state index in [1.807, 2.05) is 18.7 Å². The SMILES string of the molecule is CCNCc1ccnc(N2CCSCC2C)c1F. The number of anilines is 1. The van der Waals surface area contributed by atoms with Crippen molar-refractivity contribution in [3.8, 4) is 0 Å². The number of hydrogen-bond donors (Lipinski definition) is 1. The van der Waals surface area contributed by atoms with Crippen LogP contribution >= 0.6 is 11.8 Å². The van der Waals surface area contributed by atoms with Crippen LogP contribution in [0.15, 0.2) is 12.3 Å². The van der Waals surface area contributed by atoms with Crippen molar-refractivity contribution in [1.82, 2.24) is 10.3 Å². The van der Waals surface area contributed by atoms with Crippen LogP contribution in [0, 0.1) is 5.82 Å². The van der Waals surface area contributed by atoms with Crippen LogP contribution in [-0.4, -0.2) is 35.6 Å². The maximum absolute atomic E-state index is 14.4. The first-order chi connectivity index (χ1) is 8.74. The highest BCUT2D eigenvalue weighted by molar-refractivity contribution is 7.99. The highest BCUT2D eigenvalue weighted by Gasteiger charge is 2.23. The normalized spacial score (nSPS) is 20.2. The minimum atomic E-state index is -0.169. The van der Waals surface area contributed by atoms with Gasteiger partial charge in [0.25, 0.3) is 0 Å². The van der Waals surface area contributed by atoms with Crippen molar-refractivity contribution in [2.24, 2.45) is 0 Å². The Kier molecular flexibility index (Phi) is 4.83. The van der Waals surface area contributed by atoms with E-state index in [0.29, 0.717) is 24.0 Å². The Labute approximate surface area is 112 Å². The maximum atomic E-state index is 14.4. The number of pyridine rings is 1. The van der Waals surface area contributed by atoms with Crippen molar-refractivity contribution >= 4 is 17.6 Å². The van der Waals surface area contributed by atoms with Gasteiger partial charge in [0, 0.05) is 42.4 Å². The first-order valence-electron chi connectivity index (χ1n) is 6.42. The van der Waals surface area contributed by atoms with Crippen LogP contribution in [0.2, 0.25) is 0 Å². The van der Waals surface area contributed by atoms with Gasteiger partial charge in [0.2, 0.25) is 0 Å². The summed E-state index contributed by atoms with van der Waals surface area (Å²) in [6.07, 6.45) is 1.71. The Morgan fingerprint density at radius 1 is 1.61 bits per heavy atom. The smallest absolute Gasteiger partial charge is 0.170 e. The van der Waals surface area contributed by atoms with E-state index < -0.39 is 0 Å². The van der Waals surface area contributed by atoms with E-state index in [0.717, 1.165) is 24.6 Å². The van der Waals surface area contributed by atoms with E-state index in [1.165, 1.54) is 0 Å². The zero-order valence-corrected chi connectivity index (χ0v) is 11.8. The summed E-state index contributed by atoms with van der Waals surface area (Å²) in [4.78, 5) is 6.32. The van der Waals surface area contributed by atoms with Crippen LogP contribution in [0.4, 0.5) is 10.2 Å². The number of nitrogens with one attached hydrogen (secondary N) is 1. The summed E-state index contributed by atoms with van der Waals surface area (Å²) in [5.74, 6) is 2.43. The van der Waals surface area contributed by atoms with Gasteiger partial charge in [-0.1, -0.05) is 6.92 Å². The molecule has 1 fully saturated rings. The van der Waals surface area contributed by atoms with Crippen molar-refractivity contribution < 1.29 is 4.39 Å². The molecule has 5 heteroatoms. The van der Waals surface area contributed by atoms with E-state index in [4.69, 9.17) is 0 Å². The minimum absolute atomic E-state index is 0.169. The molecule has 0 spiro atoms. The van der Waals surface area contributed by atoms with Crippen molar-refractivity contribution in [2.75, 3.05) is 29.5 Å². The molecular formula is C13H20FN3S. The molecule has 3 nitrogen and oxygen atoms in total. The highest BCUT2D eigenvalue weighted by atomic mass is 32.2. The van der Waals surface area contributed by atoms with Crippen molar-refractivity contribution in [3.63, 3.8) is 0 Å². The lowest BCUT2D eigenvalue weighted by Crippen LogP contribution is -2.41. The van der Waals surface area contributed by atoms with Crippen molar-refractivity contribution in [1.29, 1.82) is 0 Å². The van der Waals surface area contributed by atoms with E-state index in [9.17, 15) is 4.39 Å². The quantitative estimate of drug-likeness (QED) is 0.907. The van der Waals surface area contributed by atoms with Crippen molar-refractivity contribution in [2.45, 2.75) is 26.4 Å². The Morgan fingerprint density at radius 3 is 3.17 bits per heavy atom. The molecule has 0 amide bonds. The minimum Gasteiger partial charge on any atom is -0.350 e. The number of nitrogens with zero attached hydrogens (tertiary/aromatic N) is 2. The van der Waals surface area contributed by atoms with Gasteiger partial charge in [-0.2, -0.15) is 11.8 Å². The molecule has 1 atom stereocenters. The molecule has 0 aromatic carbocycles. The van der Waals surface area contributed by atoms with Gasteiger partial charge in [-0.05, 0) is 19.5 Å². The van der Waals surface area contributed by atoms with Gasteiger partial charge in [0.15, 0.2) is 11.6 Å². The number of rotatable bonds is 4. The van der Waals surface area contributed by atoms with Gasteiger partial charge in [-0.15, -0.1) is 0 Å². The first-order valence-corrected chi connectivity index (χ1v) is 7.58. The second kappa shape index (κ2) is 6.38. The largest absolute Gasteiger partial charge is 0.350 e. The van der Waals surface area contributed by atoms with Crippen LogP contribution in [0.3, 0.4) is 0 Å². The van der Waals surface area contributed by atoms with Crippen molar-refractivity contribution in [3.05, 3.63) is 23.6 Å². The second-order valence-electron chi connectivity index (χ2n) is 4.51. The Morgan fingerprint density at radius 2 is 2.44 bits per heavy atom.